The lowest BCUT2D eigenvalue weighted by Gasteiger charge is -2.48. The molecule has 0 aromatic rings. The summed E-state index contributed by atoms with van der Waals surface area (Å²) >= 11 is 0. The van der Waals surface area contributed by atoms with Gasteiger partial charge in [-0.1, -0.05) is 142 Å². The molecule has 0 aromatic heterocycles. The van der Waals surface area contributed by atoms with E-state index in [4.69, 9.17) is 37.3 Å². The molecule has 82 heavy (non-hydrogen) atoms. The van der Waals surface area contributed by atoms with Gasteiger partial charge in [0.05, 0.1) is 48.8 Å². The van der Waals surface area contributed by atoms with Crippen LogP contribution in [0.25, 0.3) is 0 Å². The van der Waals surface area contributed by atoms with Crippen molar-refractivity contribution in [1.82, 2.24) is 0 Å². The van der Waals surface area contributed by atoms with Crippen LogP contribution in [0.3, 0.4) is 0 Å². The van der Waals surface area contributed by atoms with Crippen molar-refractivity contribution in [1.29, 1.82) is 0 Å². The van der Waals surface area contributed by atoms with E-state index in [9.17, 15) is 10.2 Å². The highest BCUT2D eigenvalue weighted by Crippen LogP contribution is 2.62. The zero-order valence-electron chi connectivity index (χ0n) is 56.2. The first-order valence-electron chi connectivity index (χ1n) is 33.1. The van der Waals surface area contributed by atoms with E-state index in [0.29, 0.717) is 55.7 Å². The number of methoxy groups -OCH3 is 2. The minimum atomic E-state index is -2.00. The number of aliphatic hydroxyl groups is 2. The topological polar surface area (TPSA) is 121 Å². The molecule has 8 aliphatic rings. The van der Waals surface area contributed by atoms with Crippen LogP contribution in [0.4, 0.5) is 0 Å². The van der Waals surface area contributed by atoms with E-state index < -0.39 is 34.4 Å². The maximum absolute atomic E-state index is 10.5. The van der Waals surface area contributed by atoms with Gasteiger partial charge in [-0.3, -0.25) is 0 Å². The Morgan fingerprint density at radius 2 is 0.927 bits per heavy atom. The minimum absolute atomic E-state index is 0.0600. The molecule has 2 aliphatic heterocycles. The molecule has 0 bridgehead atoms. The second kappa shape index (κ2) is 26.6. The summed E-state index contributed by atoms with van der Waals surface area (Å²) in [6, 6.07) is 0. The lowest BCUT2D eigenvalue weighted by Crippen LogP contribution is -2.57. The highest BCUT2D eigenvalue weighted by atomic mass is 28.4. The quantitative estimate of drug-likeness (QED) is 0.0616. The Kier molecular flexibility index (Phi) is 22.2. The fourth-order valence-electron chi connectivity index (χ4n) is 16.4. The van der Waals surface area contributed by atoms with Crippen molar-refractivity contribution >= 4 is 16.6 Å². The molecule has 2 saturated heterocycles. The average molecular weight is 1180 g/mol. The predicted molar refractivity (Wildman–Crippen MR) is 341 cm³/mol. The molecule has 2 N–H and O–H groups in total. The van der Waals surface area contributed by atoms with Crippen LogP contribution >= 0.6 is 0 Å². The molecule has 6 aliphatic carbocycles. The van der Waals surface area contributed by atoms with E-state index in [1.54, 1.807) is 25.4 Å². The first-order valence-corrected chi connectivity index (χ1v) is 38.9. The molecular formula is C70H124O10Si2. The van der Waals surface area contributed by atoms with Gasteiger partial charge in [0.2, 0.25) is 0 Å². The Bertz CT molecular complexity index is 2170. The van der Waals surface area contributed by atoms with E-state index in [2.05, 4.69) is 147 Å². The van der Waals surface area contributed by atoms with Crippen molar-refractivity contribution in [3.8, 4) is 0 Å². The zero-order chi connectivity index (χ0) is 60.5. The minimum Gasteiger partial charge on any atom is -0.410 e. The third-order valence-electron chi connectivity index (χ3n) is 24.0. The van der Waals surface area contributed by atoms with Crippen LogP contribution < -0.4 is 0 Å². The van der Waals surface area contributed by atoms with Gasteiger partial charge < -0.3 is 47.5 Å². The van der Waals surface area contributed by atoms with Crippen LogP contribution in [0.15, 0.2) is 46.6 Å². The molecule has 6 unspecified atom stereocenters. The molecule has 0 radical (unpaired) electrons. The standard InChI is InChI=1S/C41H76O5Si2.C29H48O5/c1-30(18-16-24-39(8,9)44-29-42-11)33-22-23-34-32(19-17-25-40(33,34)10)21-20-31-26-35(45-47(12,13)37(2,3)4)41(28-43-41)36(27-31)46-48(14,15)38(5,6)7;1-20(8-6-14-27(2,3)34-19-32-5)23-12-13-24-22(9-7-15-28(23,24)4)11-10-21-16-25(30)29(18-33-29)26(31)17-21/h20-21,30,33-36H,16-19,22-29H2,1-15H3;10-11,20,23-26,30-31H,6-9,12-19H2,1-5H3/b31-20?,32-21+;21-10?,22-11+/t30-,33?,34?,35-,36-,40?,41?;20-,23?,24?,25-,26-,28?,29?/m11/s1. The number of allylic oxidation sites excluding steroid dienone is 6. The van der Waals surface area contributed by atoms with Gasteiger partial charge in [0.25, 0.3) is 0 Å². The summed E-state index contributed by atoms with van der Waals surface area (Å²) in [4.78, 5) is 0. The Labute approximate surface area is 504 Å². The second-order valence-corrected chi connectivity index (χ2v) is 42.3. The van der Waals surface area contributed by atoms with Gasteiger partial charge >= 0.3 is 0 Å². The summed E-state index contributed by atoms with van der Waals surface area (Å²) in [5.74, 6) is 4.42. The number of fused-ring (bicyclic) bond motifs is 2. The SMILES string of the molecule is COCOC(C)(C)CCC[C@@H](C)C1CCC2/C(=C/C=C3C[C@@H](O)C4(CO4)[C@H](O)C3)CCCC21C.COCOC(C)(C)CCC[C@@H](C)C1CCC2/C(=C/C=C3C[C@@H](O[Si](C)(C)C(C)(C)C)C4(CO4)[C@H](O[Si](C)(C)C(C)(C)C)C3)CCCC21C. The number of hydrogen-bond donors (Lipinski definition) is 2. The van der Waals surface area contributed by atoms with Gasteiger partial charge in [0, 0.05) is 14.2 Å². The van der Waals surface area contributed by atoms with Crippen molar-refractivity contribution in [3.05, 3.63) is 46.6 Å². The van der Waals surface area contributed by atoms with Crippen LogP contribution in [-0.2, 0) is 37.3 Å². The predicted octanol–water partition coefficient (Wildman–Crippen LogP) is 17.2. The Morgan fingerprint density at radius 3 is 1.27 bits per heavy atom. The molecule has 12 heteroatoms. The first kappa shape index (κ1) is 68.5. The van der Waals surface area contributed by atoms with Gasteiger partial charge in [0.1, 0.15) is 24.8 Å². The lowest BCUT2D eigenvalue weighted by atomic mass is 9.60. The van der Waals surface area contributed by atoms with Gasteiger partial charge in [-0.2, -0.15) is 0 Å². The Balaban J connectivity index is 0.000000250. The summed E-state index contributed by atoms with van der Waals surface area (Å²) in [6.07, 6.45) is 31.9. The molecule has 8 rings (SSSR count). The molecule has 0 amide bonds. The molecule has 2 spiro atoms. The molecule has 12 atom stereocenters. The molecule has 2 heterocycles. The summed E-state index contributed by atoms with van der Waals surface area (Å²) in [5, 5.41) is 21.2. The number of epoxide rings is 2. The molecule has 10 nitrogen and oxygen atoms in total. The maximum Gasteiger partial charge on any atom is 0.192 e. The van der Waals surface area contributed by atoms with Crippen molar-refractivity contribution in [2.24, 2.45) is 46.3 Å². The summed E-state index contributed by atoms with van der Waals surface area (Å²) in [6.45, 7) is 44.6. The van der Waals surface area contributed by atoms with Crippen LogP contribution in [0.5, 0.6) is 0 Å². The highest BCUT2D eigenvalue weighted by Gasteiger charge is 2.64. The second-order valence-electron chi connectivity index (χ2n) is 32.8. The molecule has 0 aromatic carbocycles. The summed E-state index contributed by atoms with van der Waals surface area (Å²) in [5.41, 5.74) is 5.52. The number of aliphatic hydroxyl groups excluding tert-OH is 2. The number of ether oxygens (including phenoxy) is 6. The monoisotopic (exact) mass is 1180 g/mol. The molecule has 8 fully saturated rings. The van der Waals surface area contributed by atoms with E-state index in [-0.39, 0.29) is 39.1 Å². The van der Waals surface area contributed by atoms with Crippen LogP contribution in [0, 0.1) is 46.3 Å². The van der Waals surface area contributed by atoms with Crippen molar-refractivity contribution in [2.45, 2.75) is 308 Å². The van der Waals surface area contributed by atoms with Crippen LogP contribution in [0.1, 0.15) is 225 Å². The van der Waals surface area contributed by atoms with Crippen molar-refractivity contribution in [2.75, 3.05) is 41.0 Å². The average Bonchev–Trinajstić information content (AvgIpc) is 4.42. The molecule has 6 saturated carbocycles. The largest absolute Gasteiger partial charge is 0.410 e. The smallest absolute Gasteiger partial charge is 0.192 e. The lowest BCUT2D eigenvalue weighted by molar-refractivity contribution is -0.118. The highest BCUT2D eigenvalue weighted by molar-refractivity contribution is 6.74. The maximum atomic E-state index is 10.5. The van der Waals surface area contributed by atoms with Crippen molar-refractivity contribution < 1.29 is 47.5 Å². The zero-order valence-corrected chi connectivity index (χ0v) is 58.2. The van der Waals surface area contributed by atoms with Crippen LogP contribution in [-0.4, -0.2) is 115 Å². The molecule has 472 valence electrons. The third-order valence-corrected chi connectivity index (χ3v) is 33.0. The van der Waals surface area contributed by atoms with E-state index in [0.717, 1.165) is 61.5 Å². The van der Waals surface area contributed by atoms with E-state index >= 15 is 0 Å². The van der Waals surface area contributed by atoms with E-state index in [1.807, 2.05) is 0 Å². The fraction of sp³-hybridized carbons (Fsp3) is 0.886. The summed E-state index contributed by atoms with van der Waals surface area (Å²) in [7, 11) is -0.623. The number of rotatable bonds is 22. The van der Waals surface area contributed by atoms with Crippen molar-refractivity contribution in [3.63, 3.8) is 0 Å². The Morgan fingerprint density at radius 1 is 0.561 bits per heavy atom. The third kappa shape index (κ3) is 15.7. The fourth-order valence-corrected chi connectivity index (χ4v) is 19.1. The van der Waals surface area contributed by atoms with E-state index in [1.165, 1.54) is 95.5 Å². The van der Waals surface area contributed by atoms with Gasteiger partial charge in [0.15, 0.2) is 16.6 Å². The van der Waals surface area contributed by atoms with Gasteiger partial charge in [-0.25, -0.2) is 0 Å². The Hall–Kier alpha value is -1.01. The number of hydrogen-bond acceptors (Lipinski definition) is 10. The normalized spacial score (nSPS) is 36.1. The first-order chi connectivity index (χ1) is 38.1. The van der Waals surface area contributed by atoms with Crippen LogP contribution in [0.2, 0.25) is 36.3 Å². The molecular weight excluding hydrogens is 1060 g/mol. The summed E-state index contributed by atoms with van der Waals surface area (Å²) < 4.78 is 48.4. The van der Waals surface area contributed by atoms with Gasteiger partial charge in [-0.05, 0) is 213 Å². The van der Waals surface area contributed by atoms with Gasteiger partial charge in [-0.15, -0.1) is 0 Å².